The molecule has 33 heavy (non-hydrogen) atoms. The van der Waals surface area contributed by atoms with E-state index in [4.69, 9.17) is 4.42 Å². The lowest BCUT2D eigenvalue weighted by Gasteiger charge is -2.27. The minimum atomic E-state index is -0.439. The zero-order valence-corrected chi connectivity index (χ0v) is 19.1. The summed E-state index contributed by atoms with van der Waals surface area (Å²) >= 11 is 1.47. The Morgan fingerprint density at radius 1 is 1.21 bits per heavy atom. The van der Waals surface area contributed by atoms with Crippen LogP contribution in [0.5, 0.6) is 0 Å². The summed E-state index contributed by atoms with van der Waals surface area (Å²) in [4.78, 5) is 38.9. The topological polar surface area (TPSA) is 97.4 Å². The van der Waals surface area contributed by atoms with Gasteiger partial charge in [0.05, 0.1) is 6.54 Å². The summed E-state index contributed by atoms with van der Waals surface area (Å²) < 4.78 is 6.84. The van der Waals surface area contributed by atoms with Crippen LogP contribution in [0.3, 0.4) is 0 Å². The molecule has 1 atom stereocenters. The summed E-state index contributed by atoms with van der Waals surface area (Å²) in [5.74, 6) is 0.964. The van der Waals surface area contributed by atoms with Gasteiger partial charge < -0.3 is 14.2 Å². The molecule has 1 aliphatic carbocycles. The van der Waals surface area contributed by atoms with Crippen LogP contribution in [-0.4, -0.2) is 51.0 Å². The number of aromatic nitrogens is 4. The average molecular weight is 465 g/mol. The zero-order chi connectivity index (χ0) is 22.5. The zero-order valence-electron chi connectivity index (χ0n) is 18.3. The van der Waals surface area contributed by atoms with Crippen molar-refractivity contribution in [2.24, 2.45) is 5.92 Å². The Bertz CT molecular complexity index is 1280. The Hall–Kier alpha value is -3.14. The van der Waals surface area contributed by atoms with Crippen LogP contribution in [0.2, 0.25) is 0 Å². The Balaban J connectivity index is 1.37. The fourth-order valence-electron chi connectivity index (χ4n) is 4.68. The standard InChI is InChI=1S/C23H24N6O3S/c1-33-22-24-11-18-19(25-22)27-9-3-6-17(27)13-28(21(18)30)16-5-2-4-15(10-16)20-26-29(23(31)32-20)12-14-7-8-14/h2,4-5,10-11,14,17H,3,6-9,12-13H2,1H3. The number of anilines is 2. The highest BCUT2D eigenvalue weighted by Crippen LogP contribution is 2.35. The van der Waals surface area contributed by atoms with E-state index in [2.05, 4.69) is 20.0 Å². The van der Waals surface area contributed by atoms with Gasteiger partial charge in [-0.1, -0.05) is 17.8 Å². The van der Waals surface area contributed by atoms with Crippen molar-refractivity contribution < 1.29 is 9.21 Å². The van der Waals surface area contributed by atoms with Crippen LogP contribution < -0.4 is 15.6 Å². The molecule has 9 nitrogen and oxygen atoms in total. The van der Waals surface area contributed by atoms with E-state index in [0.717, 1.165) is 43.7 Å². The van der Waals surface area contributed by atoms with Crippen molar-refractivity contribution in [3.05, 3.63) is 46.6 Å². The molecule has 1 unspecified atom stereocenters. The van der Waals surface area contributed by atoms with E-state index < -0.39 is 5.76 Å². The number of carbonyl (C=O) groups excluding carboxylic acids is 1. The first-order chi connectivity index (χ1) is 16.1. The lowest BCUT2D eigenvalue weighted by molar-refractivity contribution is 0.0988. The molecule has 0 radical (unpaired) electrons. The molecule has 170 valence electrons. The molecule has 4 heterocycles. The van der Waals surface area contributed by atoms with Crippen LogP contribution in [0, 0.1) is 5.92 Å². The van der Waals surface area contributed by atoms with Gasteiger partial charge in [-0.25, -0.2) is 14.8 Å². The molecule has 0 N–H and O–H groups in total. The number of hydrogen-bond acceptors (Lipinski definition) is 8. The molecular formula is C23H24N6O3S. The lowest BCUT2D eigenvalue weighted by atomic mass is 10.1. The van der Waals surface area contributed by atoms with Crippen molar-refractivity contribution in [1.82, 2.24) is 19.7 Å². The predicted molar refractivity (Wildman–Crippen MR) is 125 cm³/mol. The van der Waals surface area contributed by atoms with Gasteiger partial charge in [-0.2, -0.15) is 4.68 Å². The fraction of sp³-hybridized carbons (Fsp3) is 0.435. The molecule has 1 aromatic carbocycles. The summed E-state index contributed by atoms with van der Waals surface area (Å²) in [6, 6.07) is 7.68. The van der Waals surface area contributed by atoms with Crippen molar-refractivity contribution in [3.8, 4) is 11.5 Å². The molecule has 0 spiro atoms. The van der Waals surface area contributed by atoms with E-state index in [1.54, 1.807) is 11.1 Å². The summed E-state index contributed by atoms with van der Waals surface area (Å²) in [5, 5.41) is 5.06. The second-order valence-corrected chi connectivity index (χ2v) is 9.62. The summed E-state index contributed by atoms with van der Waals surface area (Å²) in [6.45, 7) is 2.04. The number of hydrogen-bond donors (Lipinski definition) is 0. The quantitative estimate of drug-likeness (QED) is 0.420. The first-order valence-corrected chi connectivity index (χ1v) is 12.5. The van der Waals surface area contributed by atoms with Crippen LogP contribution in [0.1, 0.15) is 36.0 Å². The van der Waals surface area contributed by atoms with Gasteiger partial charge in [0.25, 0.3) is 5.91 Å². The SMILES string of the molecule is CSc1ncc2c(n1)N1CCCC1CN(c1cccc(-c3nn(CC4CC4)c(=O)o3)c1)C2=O. The van der Waals surface area contributed by atoms with E-state index in [0.29, 0.717) is 35.3 Å². The molecule has 1 amide bonds. The summed E-state index contributed by atoms with van der Waals surface area (Å²) in [6.07, 6.45) is 7.90. The second-order valence-electron chi connectivity index (χ2n) is 8.85. The smallest absolute Gasteiger partial charge is 0.388 e. The third-order valence-corrected chi connectivity index (χ3v) is 7.15. The Labute approximate surface area is 194 Å². The van der Waals surface area contributed by atoms with Gasteiger partial charge in [-0.15, -0.1) is 5.10 Å². The van der Waals surface area contributed by atoms with Crippen molar-refractivity contribution in [1.29, 1.82) is 0 Å². The molecule has 3 aliphatic rings. The molecule has 2 fully saturated rings. The van der Waals surface area contributed by atoms with Gasteiger partial charge in [0.2, 0.25) is 5.89 Å². The Kier molecular flexibility index (Phi) is 4.97. The molecule has 1 saturated carbocycles. The number of carbonyl (C=O) groups is 1. The van der Waals surface area contributed by atoms with Crippen molar-refractivity contribution in [3.63, 3.8) is 0 Å². The molecule has 2 aliphatic heterocycles. The van der Waals surface area contributed by atoms with Crippen molar-refractivity contribution in [2.45, 2.75) is 43.4 Å². The predicted octanol–water partition coefficient (Wildman–Crippen LogP) is 3.05. The minimum absolute atomic E-state index is 0.120. The van der Waals surface area contributed by atoms with E-state index in [1.165, 1.54) is 16.4 Å². The van der Waals surface area contributed by atoms with Crippen LogP contribution in [0.4, 0.5) is 11.5 Å². The normalized spacial score (nSPS) is 20.0. The van der Waals surface area contributed by atoms with Crippen molar-refractivity contribution in [2.75, 3.05) is 29.1 Å². The number of fused-ring (bicyclic) bond motifs is 3. The number of nitrogens with zero attached hydrogens (tertiary/aromatic N) is 6. The molecule has 10 heteroatoms. The maximum absolute atomic E-state index is 13.6. The van der Waals surface area contributed by atoms with Gasteiger partial charge in [0.15, 0.2) is 5.16 Å². The fourth-order valence-corrected chi connectivity index (χ4v) is 5.02. The maximum atomic E-state index is 13.6. The molecule has 6 rings (SSSR count). The molecule has 1 saturated heterocycles. The maximum Gasteiger partial charge on any atom is 0.437 e. The number of thioether (sulfide) groups is 1. The highest BCUT2D eigenvalue weighted by Gasteiger charge is 2.37. The highest BCUT2D eigenvalue weighted by molar-refractivity contribution is 7.98. The van der Waals surface area contributed by atoms with Crippen LogP contribution in [0.25, 0.3) is 11.5 Å². The van der Waals surface area contributed by atoms with Gasteiger partial charge in [0.1, 0.15) is 11.4 Å². The molecule has 0 bridgehead atoms. The van der Waals surface area contributed by atoms with Crippen LogP contribution in [-0.2, 0) is 6.54 Å². The third kappa shape index (κ3) is 3.72. The molecule has 2 aromatic heterocycles. The first kappa shape index (κ1) is 20.5. The summed E-state index contributed by atoms with van der Waals surface area (Å²) in [7, 11) is 0. The summed E-state index contributed by atoms with van der Waals surface area (Å²) in [5.41, 5.74) is 1.93. The van der Waals surface area contributed by atoms with Crippen LogP contribution in [0.15, 0.2) is 44.8 Å². The van der Waals surface area contributed by atoms with E-state index in [-0.39, 0.29) is 17.8 Å². The van der Waals surface area contributed by atoms with E-state index >= 15 is 0 Å². The molecule has 3 aromatic rings. The van der Waals surface area contributed by atoms with Crippen LogP contribution >= 0.6 is 11.8 Å². The largest absolute Gasteiger partial charge is 0.437 e. The molecular weight excluding hydrogens is 440 g/mol. The van der Waals surface area contributed by atoms with Crippen molar-refractivity contribution >= 4 is 29.2 Å². The van der Waals surface area contributed by atoms with Gasteiger partial charge in [-0.3, -0.25) is 4.79 Å². The average Bonchev–Trinajstić information content (AvgIpc) is 3.44. The first-order valence-electron chi connectivity index (χ1n) is 11.3. The van der Waals surface area contributed by atoms with Gasteiger partial charge >= 0.3 is 5.76 Å². The highest BCUT2D eigenvalue weighted by atomic mass is 32.2. The second kappa shape index (κ2) is 8.02. The third-order valence-electron chi connectivity index (χ3n) is 6.59. The minimum Gasteiger partial charge on any atom is -0.388 e. The van der Waals surface area contributed by atoms with E-state index in [1.807, 2.05) is 30.5 Å². The van der Waals surface area contributed by atoms with Gasteiger partial charge in [-0.05, 0) is 56.1 Å². The monoisotopic (exact) mass is 464 g/mol. The Morgan fingerprint density at radius 3 is 2.91 bits per heavy atom. The number of amides is 1. The van der Waals surface area contributed by atoms with E-state index in [9.17, 15) is 9.59 Å². The van der Waals surface area contributed by atoms with Gasteiger partial charge in [0, 0.05) is 36.6 Å². The lowest BCUT2D eigenvalue weighted by Crippen LogP contribution is -2.39. The number of rotatable bonds is 5. The Morgan fingerprint density at radius 2 is 2.09 bits per heavy atom. The number of benzene rings is 1.